The second-order valence-corrected chi connectivity index (χ2v) is 7.35. The van der Waals surface area contributed by atoms with Gasteiger partial charge in [0, 0.05) is 31.4 Å². The number of Topliss-reactive ketones (excluding diaryl/α,β-unsaturated/α-hetero) is 2. The third kappa shape index (κ3) is 9.62. The van der Waals surface area contributed by atoms with Gasteiger partial charge in [-0.05, 0) is 38.1 Å². The molecule has 0 heterocycles. The first kappa shape index (κ1) is 29.3. The predicted molar refractivity (Wildman–Crippen MR) is 131 cm³/mol. The lowest BCUT2D eigenvalue weighted by Crippen LogP contribution is -2.19. The van der Waals surface area contributed by atoms with Crippen LogP contribution in [0.3, 0.4) is 0 Å². The van der Waals surface area contributed by atoms with E-state index in [9.17, 15) is 19.2 Å². The first-order chi connectivity index (χ1) is 17.2. The Bertz CT molecular complexity index is 1220. The van der Waals surface area contributed by atoms with Gasteiger partial charge in [0.05, 0.1) is 36.5 Å². The number of hydrogen-bond donors (Lipinski definition) is 0. The maximum absolute atomic E-state index is 12.4. The van der Waals surface area contributed by atoms with Gasteiger partial charge in [0.15, 0.2) is 5.78 Å². The second-order valence-electron chi connectivity index (χ2n) is 7.35. The normalized spacial score (nSPS) is 10.0. The Morgan fingerprint density at radius 2 is 1.39 bits per heavy atom. The minimum Gasteiger partial charge on any atom is -0.466 e. The molecule has 0 atom stereocenters. The van der Waals surface area contributed by atoms with E-state index in [1.165, 1.54) is 18.3 Å². The van der Waals surface area contributed by atoms with Crippen LogP contribution in [0.2, 0.25) is 0 Å². The molecule has 186 valence electrons. The van der Waals surface area contributed by atoms with Gasteiger partial charge in [0.25, 0.3) is 0 Å². The highest BCUT2D eigenvalue weighted by molar-refractivity contribution is 6.24. The molecule has 36 heavy (non-hydrogen) atoms. The number of benzene rings is 2. The van der Waals surface area contributed by atoms with Crippen molar-refractivity contribution >= 4 is 23.5 Å². The lowest BCUT2D eigenvalue weighted by molar-refractivity contribution is -0.142. The van der Waals surface area contributed by atoms with Crippen molar-refractivity contribution in [1.82, 2.24) is 4.90 Å². The minimum atomic E-state index is -0.673. The summed E-state index contributed by atoms with van der Waals surface area (Å²) in [5.74, 6) is -2.02. The number of ketones is 2. The van der Waals surface area contributed by atoms with Gasteiger partial charge in [0.1, 0.15) is 12.0 Å². The monoisotopic (exact) mass is 489 g/mol. The maximum Gasteiger partial charge on any atom is 0.343 e. The molecule has 0 bridgehead atoms. The van der Waals surface area contributed by atoms with Crippen LogP contribution in [0, 0.1) is 22.7 Å². The molecule has 0 amide bonds. The first-order valence-electron chi connectivity index (χ1n) is 11.0. The van der Waals surface area contributed by atoms with E-state index in [4.69, 9.17) is 15.3 Å². The summed E-state index contributed by atoms with van der Waals surface area (Å²) in [6.07, 6.45) is 1.13. The first-order valence-corrected chi connectivity index (χ1v) is 11.0. The highest BCUT2D eigenvalue weighted by Crippen LogP contribution is 2.13. The third-order valence-corrected chi connectivity index (χ3v) is 4.30. The molecule has 0 saturated heterocycles. The van der Waals surface area contributed by atoms with Crippen LogP contribution in [-0.2, 0) is 19.1 Å². The number of carbonyl (C=O) groups excluding carboxylic acids is 4. The summed E-state index contributed by atoms with van der Waals surface area (Å²) < 4.78 is 9.55. The molecule has 0 aliphatic carbocycles. The number of rotatable bonds is 9. The minimum absolute atomic E-state index is 0.0630. The number of nitrogens with zero attached hydrogens (tertiary/aromatic N) is 3. The van der Waals surface area contributed by atoms with Crippen LogP contribution in [0.4, 0.5) is 0 Å². The fourth-order valence-corrected chi connectivity index (χ4v) is 2.76. The van der Waals surface area contributed by atoms with Crippen LogP contribution in [-0.4, -0.2) is 55.7 Å². The SMILES string of the molecule is CCOC(=O)C(=CN(C)C)C(=O)c1cccc(C#N)c1.CCOC(=O)CC(=O)c1cccc(C#N)c1. The van der Waals surface area contributed by atoms with Gasteiger partial charge in [-0.25, -0.2) is 4.79 Å². The Hall–Kier alpha value is -4.76. The summed E-state index contributed by atoms with van der Waals surface area (Å²) in [6, 6.07) is 16.3. The molecule has 0 N–H and O–H groups in total. The highest BCUT2D eigenvalue weighted by atomic mass is 16.5. The van der Waals surface area contributed by atoms with Crippen molar-refractivity contribution in [3.63, 3.8) is 0 Å². The Kier molecular flexibility index (Phi) is 12.4. The largest absolute Gasteiger partial charge is 0.466 e. The van der Waals surface area contributed by atoms with Gasteiger partial charge in [-0.2, -0.15) is 10.5 Å². The second kappa shape index (κ2) is 15.2. The Balaban J connectivity index is 0.000000369. The summed E-state index contributed by atoms with van der Waals surface area (Å²) in [4.78, 5) is 48.5. The quantitative estimate of drug-likeness (QED) is 0.170. The summed E-state index contributed by atoms with van der Waals surface area (Å²) in [7, 11) is 3.41. The zero-order chi connectivity index (χ0) is 27.1. The van der Waals surface area contributed by atoms with Crippen LogP contribution in [0.5, 0.6) is 0 Å². The van der Waals surface area contributed by atoms with Crippen LogP contribution in [0.25, 0.3) is 0 Å². The van der Waals surface area contributed by atoms with Gasteiger partial charge < -0.3 is 14.4 Å². The fourth-order valence-electron chi connectivity index (χ4n) is 2.76. The van der Waals surface area contributed by atoms with E-state index in [0.29, 0.717) is 16.7 Å². The standard InChI is InChI=1S/C15H16N2O3.C12H11NO3/c1-4-20-15(19)13(10-17(2)3)14(18)12-7-5-6-11(8-12)9-16;1-2-16-12(15)7-11(14)10-5-3-4-9(6-10)8-13/h5-8,10H,4H2,1-3H3;3-6H,2,7H2,1H3. The summed E-state index contributed by atoms with van der Waals surface area (Å²) >= 11 is 0. The van der Waals surface area contributed by atoms with E-state index in [-0.39, 0.29) is 36.6 Å². The van der Waals surface area contributed by atoms with Gasteiger partial charge in [-0.3, -0.25) is 14.4 Å². The molecule has 0 spiro atoms. The van der Waals surface area contributed by atoms with Crippen molar-refractivity contribution < 1.29 is 28.7 Å². The molecule has 2 rings (SSSR count). The van der Waals surface area contributed by atoms with E-state index in [1.807, 2.05) is 12.1 Å². The summed E-state index contributed by atoms with van der Waals surface area (Å²) in [5.41, 5.74) is 1.34. The summed E-state index contributed by atoms with van der Waals surface area (Å²) in [5, 5.41) is 17.5. The molecule has 0 radical (unpaired) electrons. The highest BCUT2D eigenvalue weighted by Gasteiger charge is 2.21. The molecule has 0 aliphatic heterocycles. The molecule has 0 aliphatic rings. The van der Waals surface area contributed by atoms with E-state index in [2.05, 4.69) is 4.74 Å². The maximum atomic E-state index is 12.4. The molecule has 2 aromatic carbocycles. The molecule has 2 aromatic rings. The zero-order valence-electron chi connectivity index (χ0n) is 20.6. The predicted octanol–water partition coefficient (Wildman–Crippen LogP) is 3.44. The molecule has 0 fully saturated rings. The fraction of sp³-hybridized carbons (Fsp3) is 0.259. The van der Waals surface area contributed by atoms with E-state index in [0.717, 1.165) is 0 Å². The topological polar surface area (TPSA) is 138 Å². The third-order valence-electron chi connectivity index (χ3n) is 4.30. The van der Waals surface area contributed by atoms with Crippen molar-refractivity contribution in [2.45, 2.75) is 20.3 Å². The molecule has 9 heteroatoms. The summed E-state index contributed by atoms with van der Waals surface area (Å²) in [6.45, 7) is 3.80. The molecule has 0 aromatic heterocycles. The van der Waals surface area contributed by atoms with Crippen molar-refractivity contribution in [3.05, 3.63) is 82.6 Å². The van der Waals surface area contributed by atoms with Gasteiger partial charge in [-0.15, -0.1) is 0 Å². The number of hydrogen-bond acceptors (Lipinski definition) is 9. The van der Waals surface area contributed by atoms with Gasteiger partial charge in [0.2, 0.25) is 5.78 Å². The Morgan fingerprint density at radius 3 is 1.89 bits per heavy atom. The number of carbonyl (C=O) groups is 4. The zero-order valence-corrected chi connectivity index (χ0v) is 20.6. The smallest absolute Gasteiger partial charge is 0.343 e. The van der Waals surface area contributed by atoms with Crippen molar-refractivity contribution in [3.8, 4) is 12.1 Å². The molecular formula is C27H27N3O6. The number of nitriles is 2. The Morgan fingerprint density at radius 1 is 0.861 bits per heavy atom. The number of ether oxygens (including phenoxy) is 2. The van der Waals surface area contributed by atoms with Crippen molar-refractivity contribution in [1.29, 1.82) is 10.5 Å². The van der Waals surface area contributed by atoms with Crippen LogP contribution >= 0.6 is 0 Å². The van der Waals surface area contributed by atoms with Crippen molar-refractivity contribution in [2.24, 2.45) is 0 Å². The molecule has 9 nitrogen and oxygen atoms in total. The van der Waals surface area contributed by atoms with E-state index < -0.39 is 17.7 Å². The van der Waals surface area contributed by atoms with Crippen LogP contribution in [0.1, 0.15) is 52.1 Å². The average Bonchev–Trinajstić information content (AvgIpc) is 2.87. The lowest BCUT2D eigenvalue weighted by atomic mass is 10.0. The van der Waals surface area contributed by atoms with Gasteiger partial charge >= 0.3 is 11.9 Å². The van der Waals surface area contributed by atoms with Crippen molar-refractivity contribution in [2.75, 3.05) is 27.3 Å². The average molecular weight is 490 g/mol. The lowest BCUT2D eigenvalue weighted by Gasteiger charge is -2.10. The molecule has 0 saturated carbocycles. The van der Waals surface area contributed by atoms with Gasteiger partial charge in [-0.1, -0.05) is 24.3 Å². The van der Waals surface area contributed by atoms with E-state index in [1.54, 1.807) is 69.2 Å². The van der Waals surface area contributed by atoms with Crippen LogP contribution < -0.4 is 0 Å². The molecule has 0 unspecified atom stereocenters. The molecular weight excluding hydrogens is 462 g/mol. The number of esters is 2. The Labute approximate surface area is 210 Å². The van der Waals surface area contributed by atoms with Crippen LogP contribution in [0.15, 0.2) is 60.3 Å². The van der Waals surface area contributed by atoms with E-state index >= 15 is 0 Å².